The molecule has 2 heterocycles. The van der Waals surface area contributed by atoms with Crippen molar-refractivity contribution in [3.8, 4) is 11.5 Å². The molecular formula is C40H56Cl2N6O9S2. The van der Waals surface area contributed by atoms with Crippen LogP contribution in [0.25, 0.3) is 0 Å². The minimum atomic E-state index is -3.11. The molecule has 0 bridgehead atoms. The Morgan fingerprint density at radius 2 is 1.24 bits per heavy atom. The lowest BCUT2D eigenvalue weighted by molar-refractivity contribution is -0.933. The van der Waals surface area contributed by atoms with E-state index in [0.717, 1.165) is 92.8 Å². The van der Waals surface area contributed by atoms with Crippen LogP contribution in [0.15, 0.2) is 48.5 Å². The molecule has 0 saturated carbocycles. The maximum absolute atomic E-state index is 13.3. The van der Waals surface area contributed by atoms with E-state index in [2.05, 4.69) is 15.3 Å². The number of aryl methyl sites for hydroxylation is 2. The summed E-state index contributed by atoms with van der Waals surface area (Å²) in [5.74, 6) is 0.205. The molecule has 5 N–H and O–H groups in total. The van der Waals surface area contributed by atoms with Crippen LogP contribution in [-0.2, 0) is 42.1 Å². The summed E-state index contributed by atoms with van der Waals surface area (Å²) in [6.07, 6.45) is 8.29. The number of hydrogen-bond acceptors (Lipinski definition) is 13. The van der Waals surface area contributed by atoms with Crippen LogP contribution in [0.1, 0.15) is 73.0 Å². The molecule has 0 radical (unpaired) electrons. The number of ketones is 2. The maximum atomic E-state index is 13.3. The van der Waals surface area contributed by atoms with Crippen LogP contribution in [0.2, 0.25) is 5.15 Å². The number of halogens is 2. The van der Waals surface area contributed by atoms with Crippen LogP contribution in [0.3, 0.4) is 0 Å². The fraction of sp³-hybridized carbons (Fsp3) is 0.525. The molecular weight excluding hydrogens is 844 g/mol. The third-order valence-electron chi connectivity index (χ3n) is 10.0. The molecule has 19 heteroatoms. The second-order valence-electron chi connectivity index (χ2n) is 15.3. The number of carbonyl (C=O) groups excluding carboxylic acids is 3. The molecule has 2 aromatic carbocycles. The second-order valence-corrected chi connectivity index (χ2v) is 20.1. The van der Waals surface area contributed by atoms with Gasteiger partial charge in [-0.1, -0.05) is 35.9 Å². The Balaban J connectivity index is 0.00000930. The number of aromatic nitrogens is 2. The Morgan fingerprint density at radius 3 is 1.69 bits per heavy atom. The maximum Gasteiger partial charge on any atom is 0.274 e. The van der Waals surface area contributed by atoms with Crippen LogP contribution >= 0.6 is 11.6 Å². The molecule has 1 fully saturated rings. The zero-order valence-corrected chi connectivity index (χ0v) is 36.8. The fourth-order valence-corrected chi connectivity index (χ4v) is 8.56. The predicted molar refractivity (Wildman–Crippen MR) is 225 cm³/mol. The molecule has 15 nitrogen and oxygen atoms in total. The van der Waals surface area contributed by atoms with Gasteiger partial charge >= 0.3 is 0 Å². The van der Waals surface area contributed by atoms with E-state index in [1.165, 1.54) is 0 Å². The molecule has 0 unspecified atom stereocenters. The normalized spacial score (nSPS) is 15.1. The van der Waals surface area contributed by atoms with Gasteiger partial charge in [0.2, 0.25) is 0 Å². The first-order chi connectivity index (χ1) is 27.4. The highest BCUT2D eigenvalue weighted by atomic mass is 35.5. The van der Waals surface area contributed by atoms with Gasteiger partial charge in [-0.05, 0) is 73.9 Å². The van der Waals surface area contributed by atoms with Crippen molar-refractivity contribution in [3.63, 3.8) is 0 Å². The molecule has 1 saturated heterocycles. The van der Waals surface area contributed by atoms with E-state index < -0.39 is 25.6 Å². The number of nitrogens with zero attached hydrogens (tertiary/aromatic N) is 3. The molecule has 1 atom stereocenters. The molecule has 0 aliphatic carbocycles. The smallest absolute Gasteiger partial charge is 0.274 e. The van der Waals surface area contributed by atoms with Gasteiger partial charge in [0.15, 0.2) is 34.0 Å². The van der Waals surface area contributed by atoms with Gasteiger partial charge in [0.25, 0.3) is 5.91 Å². The lowest BCUT2D eigenvalue weighted by Crippen LogP contribution is -3.00. The van der Waals surface area contributed by atoms with Gasteiger partial charge in [-0.15, -0.1) is 0 Å². The second kappa shape index (κ2) is 23.1. The molecule has 1 aliphatic rings. The van der Waals surface area contributed by atoms with E-state index in [-0.39, 0.29) is 103 Å². The SMILES string of the molecule is CS(=O)(=O)CCCC(=O)COc1ccc(CCC[N+]2(CCCc3ccc(OCC(=O)CCCS(C)(=O)=O)cc3)CCC[C@H](NC(=O)c3nc(Cl)c(N)nc3N)C2)cc1.[Cl-]. The summed E-state index contributed by atoms with van der Waals surface area (Å²) in [5, 5.41) is 3.03. The van der Waals surface area contributed by atoms with Crippen LogP contribution < -0.4 is 38.7 Å². The number of carbonyl (C=O) groups is 3. The van der Waals surface area contributed by atoms with Crippen LogP contribution in [0.5, 0.6) is 11.5 Å². The average Bonchev–Trinajstić information content (AvgIpc) is 3.15. The summed E-state index contributed by atoms with van der Waals surface area (Å²) in [6.45, 7) is 3.22. The van der Waals surface area contributed by atoms with Crippen LogP contribution in [0.4, 0.5) is 11.6 Å². The number of hydrogen-bond donors (Lipinski definition) is 3. The van der Waals surface area contributed by atoms with Crippen molar-refractivity contribution >= 4 is 60.4 Å². The van der Waals surface area contributed by atoms with E-state index in [1.807, 2.05) is 48.5 Å². The molecule has 1 aromatic heterocycles. The molecule has 1 amide bonds. The third kappa shape index (κ3) is 18.0. The molecule has 1 aliphatic heterocycles. The zero-order valence-electron chi connectivity index (χ0n) is 33.7. The highest BCUT2D eigenvalue weighted by Crippen LogP contribution is 2.25. The number of likely N-dealkylation sites (tertiary alicyclic amines) is 1. The first-order valence-electron chi connectivity index (χ1n) is 19.5. The Hall–Kier alpha value is -4.03. The van der Waals surface area contributed by atoms with Crippen molar-refractivity contribution in [1.29, 1.82) is 0 Å². The number of quaternary nitrogens is 1. The number of piperidine rings is 1. The zero-order chi connectivity index (χ0) is 42.3. The van der Waals surface area contributed by atoms with E-state index in [4.69, 9.17) is 32.5 Å². The summed E-state index contributed by atoms with van der Waals surface area (Å²) in [5.41, 5.74) is 13.9. The van der Waals surface area contributed by atoms with Gasteiger partial charge in [-0.2, -0.15) is 0 Å². The van der Waals surface area contributed by atoms with Gasteiger partial charge in [-0.3, -0.25) is 14.4 Å². The quantitative estimate of drug-likeness (QED) is 0.106. The van der Waals surface area contributed by atoms with Crippen LogP contribution in [0, 0.1) is 0 Å². The number of rotatable bonds is 24. The number of nitrogens with one attached hydrogen (secondary N) is 1. The molecule has 4 rings (SSSR count). The number of ether oxygens (including phenoxy) is 2. The first-order valence-corrected chi connectivity index (χ1v) is 24.0. The van der Waals surface area contributed by atoms with E-state index >= 15 is 0 Å². The van der Waals surface area contributed by atoms with E-state index in [1.54, 1.807) is 0 Å². The highest BCUT2D eigenvalue weighted by molar-refractivity contribution is 7.90. The lowest BCUT2D eigenvalue weighted by Gasteiger charge is -2.45. The summed E-state index contributed by atoms with van der Waals surface area (Å²) < 4.78 is 57.4. The van der Waals surface area contributed by atoms with Gasteiger partial charge in [-0.25, -0.2) is 26.8 Å². The number of sulfone groups is 2. The topological polar surface area (TPSA) is 228 Å². The van der Waals surface area contributed by atoms with Gasteiger partial charge in [0.05, 0.1) is 43.7 Å². The monoisotopic (exact) mass is 898 g/mol. The standard InChI is InChI=1S/C40H55ClN6O9S2.ClH/c1-57(51,52)24-6-11-32(48)27-55-34-17-13-29(14-18-34)8-3-21-47(23-5-10-31(26-47)44-40(50)36-38(42)46-39(43)37(41)45-36)22-4-9-30-15-19-35(20-16-30)56-28-33(49)12-7-25-58(2,53)54;/h13-20,31H,3-12,21-28H2,1-2H3,(H4-,42,43,44,46,50);1H/t31-;/m0./s1. The Labute approximate surface area is 358 Å². The van der Waals surface area contributed by atoms with Crippen molar-refractivity contribution in [1.82, 2.24) is 15.3 Å². The molecule has 59 heavy (non-hydrogen) atoms. The van der Waals surface area contributed by atoms with Crippen molar-refractivity contribution in [2.24, 2.45) is 0 Å². The number of amides is 1. The first kappa shape index (κ1) is 49.3. The van der Waals surface area contributed by atoms with Gasteiger partial charge in [0, 0.05) is 38.2 Å². The number of nitrogen functional groups attached to an aromatic ring is 2. The molecule has 326 valence electrons. The minimum absolute atomic E-state index is 0. The van der Waals surface area contributed by atoms with Crippen LogP contribution in [-0.4, -0.2) is 118 Å². The number of benzene rings is 2. The Morgan fingerprint density at radius 1 is 0.763 bits per heavy atom. The van der Waals surface area contributed by atoms with Gasteiger partial charge in [0.1, 0.15) is 44.4 Å². The summed E-state index contributed by atoms with van der Waals surface area (Å²) >= 11 is 6.05. The summed E-state index contributed by atoms with van der Waals surface area (Å²) in [7, 11) is -6.22. The van der Waals surface area contributed by atoms with Crippen molar-refractivity contribution in [2.45, 2.75) is 70.3 Å². The minimum Gasteiger partial charge on any atom is -1.00 e. The molecule has 3 aromatic rings. The van der Waals surface area contributed by atoms with E-state index in [9.17, 15) is 31.2 Å². The summed E-state index contributed by atoms with van der Waals surface area (Å²) in [4.78, 5) is 45.6. The Bertz CT molecular complexity index is 1990. The number of nitrogens with two attached hydrogens (primary N) is 2. The predicted octanol–water partition coefficient (Wildman–Crippen LogP) is 0.818. The largest absolute Gasteiger partial charge is 1.00 e. The highest BCUT2D eigenvalue weighted by Gasteiger charge is 2.35. The average molecular weight is 900 g/mol. The lowest BCUT2D eigenvalue weighted by atomic mass is 9.99. The Kier molecular flexibility index (Phi) is 19.3. The van der Waals surface area contributed by atoms with E-state index in [0.29, 0.717) is 11.5 Å². The molecule has 0 spiro atoms. The number of anilines is 2. The fourth-order valence-electron chi connectivity index (χ4n) is 7.10. The third-order valence-corrected chi connectivity index (χ3v) is 12.4. The van der Waals surface area contributed by atoms with Crippen molar-refractivity contribution in [2.75, 3.05) is 74.9 Å². The summed E-state index contributed by atoms with van der Waals surface area (Å²) in [6, 6.07) is 15.2. The number of Topliss-reactive ketones (excluding diaryl/α,β-unsaturated/α-hetero) is 2. The van der Waals surface area contributed by atoms with Gasteiger partial charge < -0.3 is 43.1 Å². The van der Waals surface area contributed by atoms with Crippen molar-refractivity contribution < 1.29 is 57.6 Å². The van der Waals surface area contributed by atoms with Crippen molar-refractivity contribution in [3.05, 3.63) is 70.5 Å².